The summed E-state index contributed by atoms with van der Waals surface area (Å²) in [6.45, 7) is 4.16. The zero-order valence-corrected chi connectivity index (χ0v) is 21.9. The van der Waals surface area contributed by atoms with E-state index in [1.165, 1.54) is 13.1 Å². The molecule has 5 amide bonds. The Morgan fingerprint density at radius 2 is 1.68 bits per heavy atom. The molecule has 0 unspecified atom stereocenters. The highest BCUT2D eigenvalue weighted by molar-refractivity contribution is 6.16. The summed E-state index contributed by atoms with van der Waals surface area (Å²) in [5.41, 5.74) is 0.459. The third-order valence-electron chi connectivity index (χ3n) is 8.03. The molecule has 38 heavy (non-hydrogen) atoms. The number of imide groups is 1. The van der Waals surface area contributed by atoms with Crippen LogP contribution in [-0.4, -0.2) is 65.3 Å². The van der Waals surface area contributed by atoms with E-state index >= 15 is 0 Å². The number of likely N-dealkylation sites (tertiary alicyclic amines) is 1. The van der Waals surface area contributed by atoms with Crippen LogP contribution >= 0.6 is 0 Å². The van der Waals surface area contributed by atoms with Gasteiger partial charge in [0.15, 0.2) is 0 Å². The summed E-state index contributed by atoms with van der Waals surface area (Å²) in [5, 5.41) is 2.77. The normalized spacial score (nSPS) is 19.9. The Morgan fingerprint density at radius 3 is 2.29 bits per heavy atom. The number of carbonyl (C=O) groups excluding carboxylic acids is 4. The van der Waals surface area contributed by atoms with Gasteiger partial charge in [-0.1, -0.05) is 38.1 Å². The summed E-state index contributed by atoms with van der Waals surface area (Å²) in [4.78, 5) is 57.3. The number of benzene rings is 2. The van der Waals surface area contributed by atoms with Crippen LogP contribution in [-0.2, 0) is 9.59 Å². The van der Waals surface area contributed by atoms with E-state index in [9.17, 15) is 23.6 Å². The molecule has 2 heterocycles. The minimum atomic E-state index is -1.06. The SMILES string of the molecule is CC(C)[C@@H](NC(=O)c1cc(C2CC2)ccc1F)C(=O)N1CCC2(CC1)C(=O)N(C)C(=O)N2c1ccccc1. The fraction of sp³-hybridized carbons (Fsp3) is 0.448. The number of piperidine rings is 1. The van der Waals surface area contributed by atoms with E-state index in [0.717, 1.165) is 23.3 Å². The number of hydrogen-bond donors (Lipinski definition) is 1. The van der Waals surface area contributed by atoms with Crippen molar-refractivity contribution in [2.24, 2.45) is 5.92 Å². The average Bonchev–Trinajstić information content (AvgIpc) is 3.75. The summed E-state index contributed by atoms with van der Waals surface area (Å²) in [7, 11) is 1.48. The number of nitrogens with one attached hydrogen (secondary N) is 1. The Morgan fingerprint density at radius 1 is 1.03 bits per heavy atom. The van der Waals surface area contributed by atoms with Crippen molar-refractivity contribution in [1.29, 1.82) is 0 Å². The van der Waals surface area contributed by atoms with Gasteiger partial charge in [-0.25, -0.2) is 9.18 Å². The van der Waals surface area contributed by atoms with Gasteiger partial charge in [-0.15, -0.1) is 0 Å². The van der Waals surface area contributed by atoms with Crippen LogP contribution in [0.1, 0.15) is 61.4 Å². The molecule has 2 aromatic carbocycles. The first-order valence-electron chi connectivity index (χ1n) is 13.2. The highest BCUT2D eigenvalue weighted by Crippen LogP contribution is 2.41. The van der Waals surface area contributed by atoms with Gasteiger partial charge in [0.1, 0.15) is 17.4 Å². The molecule has 1 spiro atoms. The van der Waals surface area contributed by atoms with Crippen molar-refractivity contribution in [3.8, 4) is 0 Å². The number of likely N-dealkylation sites (N-methyl/N-ethyl adjacent to an activating group) is 1. The van der Waals surface area contributed by atoms with Gasteiger partial charge in [-0.05, 0) is 67.3 Å². The molecular formula is C29H33FN4O4. The van der Waals surface area contributed by atoms with Crippen LogP contribution in [0.2, 0.25) is 0 Å². The lowest BCUT2D eigenvalue weighted by Gasteiger charge is -2.43. The van der Waals surface area contributed by atoms with Gasteiger partial charge in [0.2, 0.25) is 5.91 Å². The first-order chi connectivity index (χ1) is 18.1. The summed E-state index contributed by atoms with van der Waals surface area (Å²) < 4.78 is 14.5. The average molecular weight is 521 g/mol. The van der Waals surface area contributed by atoms with Gasteiger partial charge in [0, 0.05) is 25.8 Å². The number of para-hydroxylation sites is 1. The third kappa shape index (κ3) is 4.44. The van der Waals surface area contributed by atoms with Crippen molar-refractivity contribution in [2.75, 3.05) is 25.0 Å². The number of halogens is 1. The van der Waals surface area contributed by atoms with Crippen molar-refractivity contribution >= 4 is 29.4 Å². The molecule has 0 radical (unpaired) electrons. The second-order valence-electron chi connectivity index (χ2n) is 10.9. The molecule has 9 heteroatoms. The fourth-order valence-electron chi connectivity index (χ4n) is 5.61. The summed E-state index contributed by atoms with van der Waals surface area (Å²) in [5.74, 6) is -1.66. The van der Waals surface area contributed by atoms with Gasteiger partial charge in [0.05, 0.1) is 5.56 Å². The molecule has 3 aliphatic rings. The molecule has 1 aliphatic carbocycles. The molecule has 0 bridgehead atoms. The fourth-order valence-corrected chi connectivity index (χ4v) is 5.61. The van der Waals surface area contributed by atoms with Crippen LogP contribution in [0.25, 0.3) is 0 Å². The number of anilines is 1. The second kappa shape index (κ2) is 9.85. The van der Waals surface area contributed by atoms with Crippen molar-refractivity contribution in [3.63, 3.8) is 0 Å². The van der Waals surface area contributed by atoms with Gasteiger partial charge >= 0.3 is 6.03 Å². The smallest absolute Gasteiger partial charge is 0.331 e. The molecule has 200 valence electrons. The summed E-state index contributed by atoms with van der Waals surface area (Å²) in [6.07, 6.45) is 2.61. The van der Waals surface area contributed by atoms with E-state index in [4.69, 9.17) is 0 Å². The number of rotatable bonds is 6. The maximum atomic E-state index is 14.5. The summed E-state index contributed by atoms with van der Waals surface area (Å²) >= 11 is 0. The van der Waals surface area contributed by atoms with E-state index in [-0.39, 0.29) is 55.3 Å². The van der Waals surface area contributed by atoms with Gasteiger partial charge in [0.25, 0.3) is 11.8 Å². The molecule has 1 atom stereocenters. The monoisotopic (exact) mass is 520 g/mol. The van der Waals surface area contributed by atoms with Crippen LogP contribution < -0.4 is 10.2 Å². The lowest BCUT2D eigenvalue weighted by molar-refractivity contribution is -0.139. The maximum absolute atomic E-state index is 14.5. The zero-order valence-electron chi connectivity index (χ0n) is 21.9. The lowest BCUT2D eigenvalue weighted by atomic mass is 9.85. The Kier molecular flexibility index (Phi) is 6.71. The maximum Gasteiger partial charge on any atom is 0.331 e. The number of carbonyl (C=O) groups is 4. The minimum Gasteiger partial charge on any atom is -0.341 e. The molecule has 2 saturated heterocycles. The molecule has 5 rings (SSSR count). The quantitative estimate of drug-likeness (QED) is 0.585. The Bertz CT molecular complexity index is 1270. The minimum absolute atomic E-state index is 0.0537. The van der Waals surface area contributed by atoms with E-state index in [0.29, 0.717) is 11.6 Å². The molecule has 8 nitrogen and oxygen atoms in total. The van der Waals surface area contributed by atoms with Crippen molar-refractivity contribution < 1.29 is 23.6 Å². The molecule has 3 fully saturated rings. The van der Waals surface area contributed by atoms with Crippen LogP contribution in [0.15, 0.2) is 48.5 Å². The third-order valence-corrected chi connectivity index (χ3v) is 8.03. The molecule has 2 aromatic rings. The predicted molar refractivity (Wildman–Crippen MR) is 140 cm³/mol. The molecule has 0 aromatic heterocycles. The molecule has 2 aliphatic heterocycles. The van der Waals surface area contributed by atoms with Crippen LogP contribution in [0.4, 0.5) is 14.9 Å². The van der Waals surface area contributed by atoms with Crippen molar-refractivity contribution in [1.82, 2.24) is 15.1 Å². The zero-order chi connectivity index (χ0) is 27.2. The van der Waals surface area contributed by atoms with Crippen LogP contribution in [0.3, 0.4) is 0 Å². The van der Waals surface area contributed by atoms with E-state index in [1.807, 2.05) is 32.0 Å². The van der Waals surface area contributed by atoms with Crippen LogP contribution in [0.5, 0.6) is 0 Å². The van der Waals surface area contributed by atoms with Crippen LogP contribution in [0, 0.1) is 11.7 Å². The van der Waals surface area contributed by atoms with E-state index < -0.39 is 23.3 Å². The van der Waals surface area contributed by atoms with E-state index in [2.05, 4.69) is 5.32 Å². The second-order valence-corrected chi connectivity index (χ2v) is 10.9. The van der Waals surface area contributed by atoms with Gasteiger partial charge < -0.3 is 10.2 Å². The summed E-state index contributed by atoms with van der Waals surface area (Å²) in [6, 6.07) is 12.4. The van der Waals surface area contributed by atoms with Gasteiger partial charge in [-0.2, -0.15) is 0 Å². The number of amides is 5. The highest BCUT2D eigenvalue weighted by Gasteiger charge is 2.58. The van der Waals surface area contributed by atoms with Crippen molar-refractivity contribution in [2.45, 2.75) is 57.0 Å². The first-order valence-corrected chi connectivity index (χ1v) is 13.2. The Labute approximate surface area is 221 Å². The molecular weight excluding hydrogens is 487 g/mol. The molecule has 1 N–H and O–H groups in total. The topological polar surface area (TPSA) is 90.0 Å². The Balaban J connectivity index is 1.32. The van der Waals surface area contributed by atoms with Crippen molar-refractivity contribution in [3.05, 3.63) is 65.5 Å². The Hall–Kier alpha value is -3.75. The largest absolute Gasteiger partial charge is 0.341 e. The predicted octanol–water partition coefficient (Wildman–Crippen LogP) is 3.92. The number of nitrogens with zero attached hydrogens (tertiary/aromatic N) is 3. The standard InChI is InChI=1S/C29H33FN4O4/c1-18(2)24(31-25(35)22-17-20(19-9-10-19)11-12-23(22)30)26(36)33-15-13-29(14-16-33)27(37)32(3)28(38)34(29)21-7-5-4-6-8-21/h4-8,11-12,17-19,24H,9-10,13-16H2,1-3H3,(H,31,35)/t24-/m1/s1. The number of urea groups is 1. The lowest BCUT2D eigenvalue weighted by Crippen LogP contribution is -2.60. The van der Waals surface area contributed by atoms with E-state index in [1.54, 1.807) is 34.1 Å². The van der Waals surface area contributed by atoms with Gasteiger partial charge in [-0.3, -0.25) is 24.2 Å². The number of hydrogen-bond acceptors (Lipinski definition) is 4. The first kappa shape index (κ1) is 25.9. The highest BCUT2D eigenvalue weighted by atomic mass is 19.1. The molecule has 1 saturated carbocycles.